The smallest absolute Gasteiger partial charge is 0.406 e. The van der Waals surface area contributed by atoms with Crippen molar-refractivity contribution in [1.82, 2.24) is 5.32 Å². The van der Waals surface area contributed by atoms with E-state index in [1.54, 1.807) is 6.92 Å². The summed E-state index contributed by atoms with van der Waals surface area (Å²) < 4.78 is 40.2. The first-order chi connectivity index (χ1) is 12.1. The van der Waals surface area contributed by atoms with Crippen LogP contribution in [0.15, 0.2) is 42.5 Å². The van der Waals surface area contributed by atoms with Crippen LogP contribution in [0.2, 0.25) is 5.02 Å². The van der Waals surface area contributed by atoms with Crippen LogP contribution in [0.3, 0.4) is 0 Å². The lowest BCUT2D eigenvalue weighted by Crippen LogP contribution is -2.27. The minimum atomic E-state index is -4.79. The molecule has 138 valence electrons. The first kappa shape index (κ1) is 19.5. The molecule has 6 nitrogen and oxygen atoms in total. The largest absolute Gasteiger partial charge is 0.573 e. The molecule has 26 heavy (non-hydrogen) atoms. The molecule has 0 bridgehead atoms. The van der Waals surface area contributed by atoms with E-state index in [0.717, 1.165) is 18.2 Å². The average Bonchev–Trinajstić information content (AvgIpc) is 2.54. The average molecular weight is 389 g/mol. The van der Waals surface area contributed by atoms with Crippen LogP contribution in [-0.4, -0.2) is 17.2 Å². The molecule has 2 aromatic rings. The molecule has 0 heterocycles. The van der Waals surface area contributed by atoms with Crippen LogP contribution in [0.5, 0.6) is 5.75 Å². The normalized spacial score (nSPS) is 12.3. The second kappa shape index (κ2) is 7.61. The predicted molar refractivity (Wildman–Crippen MR) is 87.1 cm³/mol. The molecule has 0 saturated carbocycles. The molecule has 1 N–H and O–H groups in total. The van der Waals surface area contributed by atoms with Crippen molar-refractivity contribution in [2.45, 2.75) is 19.3 Å². The standard InChI is InChI=1S/C16H12ClF3N2O4/c1-9(10-2-5-12(6-3-10)26-16(18,19)20)21-15(23)13-8-11(22(24)25)4-7-14(13)17/h2-9H,1H3,(H,21,23)/t9-/m0/s1. The van der Waals surface area contributed by atoms with Gasteiger partial charge in [-0.25, -0.2) is 0 Å². The van der Waals surface area contributed by atoms with Gasteiger partial charge in [0.2, 0.25) is 0 Å². The summed E-state index contributed by atoms with van der Waals surface area (Å²) in [5.74, 6) is -1.04. The van der Waals surface area contributed by atoms with Gasteiger partial charge < -0.3 is 10.1 Å². The molecular weight excluding hydrogens is 377 g/mol. The predicted octanol–water partition coefficient (Wildman–Crippen LogP) is 4.64. The van der Waals surface area contributed by atoms with Gasteiger partial charge in [-0.05, 0) is 30.7 Å². The fourth-order valence-corrected chi connectivity index (χ4v) is 2.32. The Morgan fingerprint density at radius 2 is 1.85 bits per heavy atom. The highest BCUT2D eigenvalue weighted by Crippen LogP contribution is 2.26. The lowest BCUT2D eigenvalue weighted by atomic mass is 10.1. The number of hydrogen-bond acceptors (Lipinski definition) is 4. The van der Waals surface area contributed by atoms with Crippen LogP contribution in [0, 0.1) is 10.1 Å². The van der Waals surface area contributed by atoms with Gasteiger partial charge in [-0.15, -0.1) is 13.2 Å². The van der Waals surface area contributed by atoms with E-state index in [1.165, 1.54) is 24.3 Å². The number of halogens is 4. The third-order valence-corrected chi connectivity index (χ3v) is 3.70. The maximum absolute atomic E-state index is 12.3. The Hall–Kier alpha value is -2.81. The second-order valence-corrected chi connectivity index (χ2v) is 5.64. The SMILES string of the molecule is C[C@H](NC(=O)c1cc([N+](=O)[O-])ccc1Cl)c1ccc(OC(F)(F)F)cc1. The molecule has 2 aromatic carbocycles. The molecule has 0 aliphatic carbocycles. The first-order valence-corrected chi connectivity index (χ1v) is 7.55. The summed E-state index contributed by atoms with van der Waals surface area (Å²) in [7, 11) is 0. The summed E-state index contributed by atoms with van der Waals surface area (Å²) in [6.07, 6.45) is -4.79. The fraction of sp³-hybridized carbons (Fsp3) is 0.188. The van der Waals surface area contributed by atoms with Gasteiger partial charge in [-0.2, -0.15) is 0 Å². The highest BCUT2D eigenvalue weighted by molar-refractivity contribution is 6.33. The number of hydrogen-bond donors (Lipinski definition) is 1. The van der Waals surface area contributed by atoms with E-state index in [-0.39, 0.29) is 22.0 Å². The number of nitro benzene ring substituents is 1. The highest BCUT2D eigenvalue weighted by atomic mass is 35.5. The number of benzene rings is 2. The van der Waals surface area contributed by atoms with E-state index in [2.05, 4.69) is 10.1 Å². The number of ether oxygens (including phenoxy) is 1. The monoisotopic (exact) mass is 388 g/mol. The number of amides is 1. The summed E-state index contributed by atoms with van der Waals surface area (Å²) in [6, 6.07) is 7.83. The number of alkyl halides is 3. The van der Waals surface area contributed by atoms with Crippen LogP contribution in [0.25, 0.3) is 0 Å². The van der Waals surface area contributed by atoms with Crippen LogP contribution in [-0.2, 0) is 0 Å². The topological polar surface area (TPSA) is 81.5 Å². The van der Waals surface area contributed by atoms with Gasteiger partial charge in [0.25, 0.3) is 11.6 Å². The Labute approximate surface area is 150 Å². The fourth-order valence-electron chi connectivity index (χ4n) is 2.12. The first-order valence-electron chi connectivity index (χ1n) is 7.17. The van der Waals surface area contributed by atoms with E-state index < -0.39 is 23.2 Å². The zero-order chi connectivity index (χ0) is 19.5. The molecule has 0 aromatic heterocycles. The molecule has 1 atom stereocenters. The molecular formula is C16H12ClF3N2O4. The third kappa shape index (κ3) is 5.09. The van der Waals surface area contributed by atoms with Gasteiger partial charge in [0.05, 0.1) is 21.6 Å². The minimum Gasteiger partial charge on any atom is -0.406 e. The van der Waals surface area contributed by atoms with E-state index in [0.29, 0.717) is 5.56 Å². The summed E-state index contributed by atoms with van der Waals surface area (Å²) >= 11 is 5.90. The lowest BCUT2D eigenvalue weighted by molar-refractivity contribution is -0.384. The van der Waals surface area contributed by atoms with Gasteiger partial charge in [-0.1, -0.05) is 23.7 Å². The molecule has 2 rings (SSSR count). The summed E-state index contributed by atoms with van der Waals surface area (Å²) in [5, 5.41) is 13.4. The molecule has 0 aliphatic rings. The van der Waals surface area contributed by atoms with E-state index in [9.17, 15) is 28.1 Å². The second-order valence-electron chi connectivity index (χ2n) is 5.23. The Morgan fingerprint density at radius 1 is 1.23 bits per heavy atom. The molecule has 0 spiro atoms. The summed E-state index contributed by atoms with van der Waals surface area (Å²) in [6.45, 7) is 1.60. The van der Waals surface area contributed by atoms with Gasteiger partial charge in [0, 0.05) is 12.1 Å². The Bertz CT molecular complexity index is 825. The van der Waals surface area contributed by atoms with Gasteiger partial charge in [0.15, 0.2) is 0 Å². The van der Waals surface area contributed by atoms with Crippen molar-refractivity contribution in [3.63, 3.8) is 0 Å². The number of non-ortho nitro benzene ring substituents is 1. The van der Waals surface area contributed by atoms with E-state index >= 15 is 0 Å². The number of carbonyl (C=O) groups is 1. The zero-order valence-electron chi connectivity index (χ0n) is 13.2. The molecule has 0 aliphatic heterocycles. The van der Waals surface area contributed by atoms with Crippen molar-refractivity contribution in [3.8, 4) is 5.75 Å². The Morgan fingerprint density at radius 3 is 2.38 bits per heavy atom. The minimum absolute atomic E-state index is 0.0363. The molecule has 0 unspecified atom stereocenters. The van der Waals surface area contributed by atoms with E-state index in [1.807, 2.05) is 0 Å². The molecule has 0 fully saturated rings. The number of rotatable bonds is 5. The Balaban J connectivity index is 2.12. The number of carbonyl (C=O) groups excluding carboxylic acids is 1. The molecule has 1 amide bonds. The maximum Gasteiger partial charge on any atom is 0.573 e. The van der Waals surface area contributed by atoms with Crippen molar-refractivity contribution in [2.24, 2.45) is 0 Å². The van der Waals surface area contributed by atoms with Crippen molar-refractivity contribution in [2.75, 3.05) is 0 Å². The third-order valence-electron chi connectivity index (χ3n) is 3.37. The zero-order valence-corrected chi connectivity index (χ0v) is 14.0. The van der Waals surface area contributed by atoms with Gasteiger partial charge >= 0.3 is 6.36 Å². The van der Waals surface area contributed by atoms with Gasteiger partial charge in [-0.3, -0.25) is 14.9 Å². The number of nitrogens with one attached hydrogen (secondary N) is 1. The summed E-state index contributed by atoms with van der Waals surface area (Å²) in [5.41, 5.74) is 0.139. The van der Waals surface area contributed by atoms with Crippen LogP contribution < -0.4 is 10.1 Å². The maximum atomic E-state index is 12.3. The molecule has 0 saturated heterocycles. The summed E-state index contributed by atoms with van der Waals surface area (Å²) in [4.78, 5) is 22.4. The highest BCUT2D eigenvalue weighted by Gasteiger charge is 2.31. The van der Waals surface area contributed by atoms with Crippen LogP contribution in [0.1, 0.15) is 28.9 Å². The van der Waals surface area contributed by atoms with Crippen molar-refractivity contribution >= 4 is 23.2 Å². The molecule has 10 heteroatoms. The van der Waals surface area contributed by atoms with Crippen molar-refractivity contribution < 1.29 is 27.6 Å². The molecule has 0 radical (unpaired) electrons. The number of nitro groups is 1. The van der Waals surface area contributed by atoms with Gasteiger partial charge in [0.1, 0.15) is 5.75 Å². The van der Waals surface area contributed by atoms with Crippen molar-refractivity contribution in [3.05, 3.63) is 68.7 Å². The quantitative estimate of drug-likeness (QED) is 0.597. The van der Waals surface area contributed by atoms with Crippen molar-refractivity contribution in [1.29, 1.82) is 0 Å². The lowest BCUT2D eigenvalue weighted by Gasteiger charge is -2.16. The Kier molecular flexibility index (Phi) is 5.71. The van der Waals surface area contributed by atoms with Crippen LogP contribution >= 0.6 is 11.6 Å². The number of nitrogens with zero attached hydrogens (tertiary/aromatic N) is 1. The van der Waals surface area contributed by atoms with E-state index in [4.69, 9.17) is 11.6 Å². The van der Waals surface area contributed by atoms with Crippen LogP contribution in [0.4, 0.5) is 18.9 Å².